The zero-order valence-electron chi connectivity index (χ0n) is 12.5. The van der Waals surface area contributed by atoms with Gasteiger partial charge in [0.2, 0.25) is 5.91 Å². The second-order valence-electron chi connectivity index (χ2n) is 6.39. The first-order valence-electron chi connectivity index (χ1n) is 7.72. The van der Waals surface area contributed by atoms with Gasteiger partial charge in [-0.15, -0.1) is 0 Å². The average molecular weight is 272 g/mol. The van der Waals surface area contributed by atoms with Crippen molar-refractivity contribution in [3.63, 3.8) is 0 Å². The summed E-state index contributed by atoms with van der Waals surface area (Å²) in [5.41, 5.74) is 2.39. The number of carbonyl (C=O) groups is 1. The lowest BCUT2D eigenvalue weighted by molar-refractivity contribution is -0.138. The van der Waals surface area contributed by atoms with Gasteiger partial charge in [0.25, 0.3) is 0 Å². The van der Waals surface area contributed by atoms with Crippen LogP contribution in [0.2, 0.25) is 0 Å². The lowest BCUT2D eigenvalue weighted by atomic mass is 9.86. The number of benzene rings is 1. The third-order valence-electron chi connectivity index (χ3n) is 4.97. The zero-order valence-corrected chi connectivity index (χ0v) is 12.5. The highest BCUT2D eigenvalue weighted by Gasteiger charge is 2.40. The van der Waals surface area contributed by atoms with Gasteiger partial charge in [0, 0.05) is 7.05 Å². The van der Waals surface area contributed by atoms with Gasteiger partial charge in [-0.05, 0) is 56.7 Å². The summed E-state index contributed by atoms with van der Waals surface area (Å²) in [6.07, 6.45) is 5.44. The molecule has 1 saturated heterocycles. The quantitative estimate of drug-likeness (QED) is 0.897. The van der Waals surface area contributed by atoms with E-state index in [1.165, 1.54) is 17.5 Å². The van der Waals surface area contributed by atoms with E-state index in [0.29, 0.717) is 0 Å². The van der Waals surface area contributed by atoms with Crippen molar-refractivity contribution in [3.8, 4) is 0 Å². The molecule has 2 aliphatic rings. The van der Waals surface area contributed by atoms with Crippen LogP contribution in [0.4, 0.5) is 0 Å². The van der Waals surface area contributed by atoms with Crippen molar-refractivity contribution in [2.75, 3.05) is 13.6 Å². The van der Waals surface area contributed by atoms with Crippen LogP contribution in [0.15, 0.2) is 24.3 Å². The van der Waals surface area contributed by atoms with Crippen molar-refractivity contribution in [2.24, 2.45) is 0 Å². The molecule has 1 aliphatic carbocycles. The van der Waals surface area contributed by atoms with Gasteiger partial charge in [-0.3, -0.25) is 4.79 Å². The van der Waals surface area contributed by atoms with Crippen LogP contribution in [-0.2, 0) is 11.2 Å². The fourth-order valence-corrected chi connectivity index (χ4v) is 3.74. The maximum absolute atomic E-state index is 12.8. The van der Waals surface area contributed by atoms with Crippen LogP contribution in [0.3, 0.4) is 0 Å². The molecular weight excluding hydrogens is 248 g/mol. The van der Waals surface area contributed by atoms with E-state index in [2.05, 4.69) is 29.6 Å². The summed E-state index contributed by atoms with van der Waals surface area (Å²) in [5, 5.41) is 3.39. The Kier molecular flexibility index (Phi) is 3.55. The van der Waals surface area contributed by atoms with E-state index in [1.54, 1.807) is 0 Å². The number of nitrogens with one attached hydrogen (secondary N) is 1. The first-order valence-corrected chi connectivity index (χ1v) is 7.72. The first kappa shape index (κ1) is 13.6. The molecule has 1 amide bonds. The molecule has 3 heteroatoms. The summed E-state index contributed by atoms with van der Waals surface area (Å²) in [5.74, 6) is 0.247. The van der Waals surface area contributed by atoms with Gasteiger partial charge in [0.15, 0.2) is 0 Å². The number of aryl methyl sites for hydroxylation is 1. The summed E-state index contributed by atoms with van der Waals surface area (Å²) in [6, 6.07) is 8.82. The van der Waals surface area contributed by atoms with Crippen LogP contribution in [0.1, 0.15) is 49.8 Å². The first-order chi connectivity index (χ1) is 9.62. The van der Waals surface area contributed by atoms with E-state index >= 15 is 0 Å². The van der Waals surface area contributed by atoms with Gasteiger partial charge in [0.1, 0.15) is 0 Å². The van der Waals surface area contributed by atoms with Gasteiger partial charge in [-0.25, -0.2) is 0 Å². The van der Waals surface area contributed by atoms with Crippen LogP contribution in [0, 0.1) is 0 Å². The minimum atomic E-state index is -0.360. The molecule has 1 heterocycles. The highest BCUT2D eigenvalue weighted by atomic mass is 16.2. The second-order valence-corrected chi connectivity index (χ2v) is 6.39. The fraction of sp³-hybridized carbons (Fsp3) is 0.588. The van der Waals surface area contributed by atoms with Crippen molar-refractivity contribution >= 4 is 5.91 Å². The summed E-state index contributed by atoms with van der Waals surface area (Å²) in [6.45, 7) is 3.00. The largest absolute Gasteiger partial charge is 0.337 e. The highest BCUT2D eigenvalue weighted by Crippen LogP contribution is 2.35. The zero-order chi connectivity index (χ0) is 14.2. The molecule has 1 aromatic carbocycles. The summed E-state index contributed by atoms with van der Waals surface area (Å²) < 4.78 is 0. The molecule has 0 saturated carbocycles. The van der Waals surface area contributed by atoms with E-state index in [-0.39, 0.29) is 17.5 Å². The smallest absolute Gasteiger partial charge is 0.242 e. The molecule has 2 atom stereocenters. The Bertz CT molecular complexity index is 505. The summed E-state index contributed by atoms with van der Waals surface area (Å²) in [4.78, 5) is 14.8. The summed E-state index contributed by atoms with van der Waals surface area (Å²) >= 11 is 0. The van der Waals surface area contributed by atoms with Gasteiger partial charge in [-0.1, -0.05) is 24.3 Å². The number of amides is 1. The standard InChI is InChI=1S/C17H24N2O/c1-17(11-6-12-18-17)16(20)19(2)15-10-5-8-13-7-3-4-9-14(13)15/h3-4,7,9,15,18H,5-6,8,10-12H2,1-2H3. The third-order valence-corrected chi connectivity index (χ3v) is 4.97. The maximum Gasteiger partial charge on any atom is 0.242 e. The summed E-state index contributed by atoms with van der Waals surface area (Å²) in [7, 11) is 1.97. The lowest BCUT2D eigenvalue weighted by Gasteiger charge is -2.37. The van der Waals surface area contributed by atoms with Crippen LogP contribution < -0.4 is 5.32 Å². The predicted molar refractivity (Wildman–Crippen MR) is 80.5 cm³/mol. The molecule has 108 valence electrons. The molecular formula is C17H24N2O. The van der Waals surface area contributed by atoms with Crippen LogP contribution in [0.25, 0.3) is 0 Å². The number of carbonyl (C=O) groups excluding carboxylic acids is 1. The van der Waals surface area contributed by atoms with Crippen molar-refractivity contribution in [1.29, 1.82) is 0 Å². The van der Waals surface area contributed by atoms with E-state index in [1.807, 2.05) is 18.9 Å². The SMILES string of the molecule is CN(C(=O)C1(C)CCCN1)C1CCCc2ccccc21. The topological polar surface area (TPSA) is 32.3 Å². The van der Waals surface area contributed by atoms with E-state index in [4.69, 9.17) is 0 Å². The van der Waals surface area contributed by atoms with Gasteiger partial charge >= 0.3 is 0 Å². The molecule has 0 bridgehead atoms. The third kappa shape index (κ3) is 2.24. The lowest BCUT2D eigenvalue weighted by Crippen LogP contribution is -2.52. The minimum Gasteiger partial charge on any atom is -0.337 e. The monoisotopic (exact) mass is 272 g/mol. The Balaban J connectivity index is 1.84. The minimum absolute atomic E-state index is 0.242. The van der Waals surface area contributed by atoms with Crippen molar-refractivity contribution < 1.29 is 4.79 Å². The molecule has 1 aromatic rings. The molecule has 3 rings (SSSR count). The Morgan fingerprint density at radius 1 is 1.35 bits per heavy atom. The molecule has 3 nitrogen and oxygen atoms in total. The number of hydrogen-bond donors (Lipinski definition) is 1. The number of nitrogens with zero attached hydrogens (tertiary/aromatic N) is 1. The van der Waals surface area contributed by atoms with E-state index < -0.39 is 0 Å². The average Bonchev–Trinajstić information content (AvgIpc) is 2.93. The highest BCUT2D eigenvalue weighted by molar-refractivity contribution is 5.86. The molecule has 1 fully saturated rings. The molecule has 2 unspecified atom stereocenters. The van der Waals surface area contributed by atoms with Gasteiger partial charge in [0.05, 0.1) is 11.6 Å². The van der Waals surface area contributed by atoms with E-state index in [0.717, 1.165) is 32.2 Å². The Morgan fingerprint density at radius 2 is 2.15 bits per heavy atom. The Hall–Kier alpha value is -1.35. The molecule has 0 aromatic heterocycles. The molecule has 1 N–H and O–H groups in total. The van der Waals surface area contributed by atoms with Crippen molar-refractivity contribution in [2.45, 2.75) is 50.6 Å². The van der Waals surface area contributed by atoms with E-state index in [9.17, 15) is 4.79 Å². The Labute approximate surface area is 121 Å². The fourth-order valence-electron chi connectivity index (χ4n) is 3.74. The normalized spacial score (nSPS) is 29.0. The molecule has 20 heavy (non-hydrogen) atoms. The van der Waals surface area contributed by atoms with Crippen molar-refractivity contribution in [3.05, 3.63) is 35.4 Å². The van der Waals surface area contributed by atoms with Crippen LogP contribution in [-0.4, -0.2) is 29.9 Å². The predicted octanol–water partition coefficient (Wildman–Crippen LogP) is 2.66. The number of rotatable bonds is 2. The number of likely N-dealkylation sites (N-methyl/N-ethyl adjacent to an activating group) is 1. The second kappa shape index (κ2) is 5.21. The molecule has 0 spiro atoms. The van der Waals surface area contributed by atoms with Gasteiger partial charge in [-0.2, -0.15) is 0 Å². The maximum atomic E-state index is 12.8. The van der Waals surface area contributed by atoms with Crippen LogP contribution in [0.5, 0.6) is 0 Å². The number of hydrogen-bond acceptors (Lipinski definition) is 2. The van der Waals surface area contributed by atoms with Gasteiger partial charge < -0.3 is 10.2 Å². The van der Waals surface area contributed by atoms with Crippen molar-refractivity contribution in [1.82, 2.24) is 10.2 Å². The molecule has 0 radical (unpaired) electrons. The molecule has 1 aliphatic heterocycles. The number of fused-ring (bicyclic) bond motifs is 1. The Morgan fingerprint density at radius 3 is 2.90 bits per heavy atom. The van der Waals surface area contributed by atoms with Crippen LogP contribution >= 0.6 is 0 Å².